The molecule has 1 heterocycles. The minimum absolute atomic E-state index is 0.387. The molecule has 1 aromatic heterocycles. The fourth-order valence-electron chi connectivity index (χ4n) is 1.64. The molecule has 0 unspecified atom stereocenters. The van der Waals surface area contributed by atoms with Crippen molar-refractivity contribution in [2.75, 3.05) is 6.61 Å². The molecular formula is C14H15F3N2OS. The maximum absolute atomic E-state index is 12.5. The number of hydrogen-bond donors (Lipinski definition) is 0. The zero-order chi connectivity index (χ0) is 15.3. The molecule has 0 fully saturated rings. The minimum Gasteiger partial charge on any atom is -0.374 e. The van der Waals surface area contributed by atoms with Crippen LogP contribution in [0.15, 0.2) is 24.3 Å². The van der Waals surface area contributed by atoms with Gasteiger partial charge in [0.25, 0.3) is 0 Å². The summed E-state index contributed by atoms with van der Waals surface area (Å²) in [5.74, 6) is 0. The van der Waals surface area contributed by atoms with Gasteiger partial charge in [0.15, 0.2) is 0 Å². The lowest BCUT2D eigenvalue weighted by atomic mass is 10.1. The van der Waals surface area contributed by atoms with E-state index in [1.165, 1.54) is 23.5 Å². The molecule has 1 aromatic carbocycles. The van der Waals surface area contributed by atoms with Crippen molar-refractivity contribution < 1.29 is 17.9 Å². The first-order valence-electron chi connectivity index (χ1n) is 6.58. The minimum atomic E-state index is -4.32. The number of nitrogens with zero attached hydrogens (tertiary/aromatic N) is 2. The molecule has 0 atom stereocenters. The van der Waals surface area contributed by atoms with Crippen LogP contribution < -0.4 is 0 Å². The molecule has 0 N–H and O–H groups in total. The molecule has 2 aromatic rings. The van der Waals surface area contributed by atoms with Crippen molar-refractivity contribution in [2.45, 2.75) is 32.5 Å². The van der Waals surface area contributed by atoms with Gasteiger partial charge in [0.2, 0.25) is 0 Å². The largest absolute Gasteiger partial charge is 0.416 e. The lowest BCUT2D eigenvalue weighted by Crippen LogP contribution is -2.03. The Labute approximate surface area is 124 Å². The third-order valence-electron chi connectivity index (χ3n) is 2.79. The highest BCUT2D eigenvalue weighted by Gasteiger charge is 2.30. The van der Waals surface area contributed by atoms with Gasteiger partial charge in [-0.25, -0.2) is 0 Å². The summed E-state index contributed by atoms with van der Waals surface area (Å²) in [6.07, 6.45) is -2.27. The van der Waals surface area contributed by atoms with E-state index in [1.807, 2.05) is 0 Å². The van der Waals surface area contributed by atoms with E-state index in [0.29, 0.717) is 23.8 Å². The van der Waals surface area contributed by atoms with Gasteiger partial charge in [0.1, 0.15) is 16.6 Å². The maximum atomic E-state index is 12.5. The van der Waals surface area contributed by atoms with E-state index >= 15 is 0 Å². The average molecular weight is 316 g/mol. The van der Waals surface area contributed by atoms with E-state index < -0.39 is 11.7 Å². The van der Waals surface area contributed by atoms with Crippen LogP contribution in [0.25, 0.3) is 10.6 Å². The summed E-state index contributed by atoms with van der Waals surface area (Å²) < 4.78 is 42.9. The van der Waals surface area contributed by atoms with Crippen LogP contribution in [0.2, 0.25) is 0 Å². The maximum Gasteiger partial charge on any atom is 0.416 e. The first-order valence-corrected chi connectivity index (χ1v) is 7.40. The van der Waals surface area contributed by atoms with E-state index in [4.69, 9.17) is 4.74 Å². The van der Waals surface area contributed by atoms with Crippen LogP contribution in [0, 0.1) is 0 Å². The van der Waals surface area contributed by atoms with Crippen molar-refractivity contribution >= 4 is 11.3 Å². The van der Waals surface area contributed by atoms with E-state index in [2.05, 4.69) is 17.1 Å². The second-order valence-electron chi connectivity index (χ2n) is 4.48. The third-order valence-corrected chi connectivity index (χ3v) is 3.74. The van der Waals surface area contributed by atoms with Gasteiger partial charge >= 0.3 is 6.18 Å². The number of ether oxygens (including phenoxy) is 1. The van der Waals surface area contributed by atoms with Crippen molar-refractivity contribution in [1.29, 1.82) is 0 Å². The molecule has 21 heavy (non-hydrogen) atoms. The number of alkyl halides is 3. The van der Waals surface area contributed by atoms with Gasteiger partial charge in [-0.1, -0.05) is 36.8 Å². The normalized spacial score (nSPS) is 11.8. The topological polar surface area (TPSA) is 35.0 Å². The van der Waals surface area contributed by atoms with Gasteiger partial charge in [-0.3, -0.25) is 0 Å². The van der Waals surface area contributed by atoms with E-state index in [9.17, 15) is 13.2 Å². The van der Waals surface area contributed by atoms with Gasteiger partial charge in [-0.2, -0.15) is 13.2 Å². The summed E-state index contributed by atoms with van der Waals surface area (Å²) in [6.45, 7) is 3.14. The molecule has 0 spiro atoms. The molecule has 0 amide bonds. The van der Waals surface area contributed by atoms with E-state index in [-0.39, 0.29) is 0 Å². The molecule has 2 rings (SSSR count). The number of hydrogen-bond acceptors (Lipinski definition) is 4. The molecule has 0 radical (unpaired) electrons. The highest BCUT2D eigenvalue weighted by molar-refractivity contribution is 7.14. The molecule has 0 saturated carbocycles. The second-order valence-corrected chi connectivity index (χ2v) is 5.54. The smallest absolute Gasteiger partial charge is 0.374 e. The van der Waals surface area contributed by atoms with Crippen molar-refractivity contribution in [3.63, 3.8) is 0 Å². The van der Waals surface area contributed by atoms with Crippen LogP contribution in [0.1, 0.15) is 30.3 Å². The van der Waals surface area contributed by atoms with Crippen LogP contribution in [0.3, 0.4) is 0 Å². The van der Waals surface area contributed by atoms with Crippen LogP contribution in [0.4, 0.5) is 13.2 Å². The van der Waals surface area contributed by atoms with E-state index in [1.54, 1.807) is 0 Å². The van der Waals surface area contributed by atoms with Gasteiger partial charge in [-0.05, 0) is 18.6 Å². The lowest BCUT2D eigenvalue weighted by Gasteiger charge is -2.06. The Bertz CT molecular complexity index is 566. The summed E-state index contributed by atoms with van der Waals surface area (Å²) in [5.41, 5.74) is -0.0424. The molecule has 0 aliphatic rings. The Kier molecular flexibility index (Phi) is 5.30. The molecule has 0 bridgehead atoms. The third kappa shape index (κ3) is 4.50. The van der Waals surface area contributed by atoms with Crippen LogP contribution in [0.5, 0.6) is 0 Å². The van der Waals surface area contributed by atoms with Crippen molar-refractivity contribution in [3.05, 3.63) is 34.8 Å². The van der Waals surface area contributed by atoms with Crippen molar-refractivity contribution in [3.8, 4) is 10.6 Å². The summed E-state index contributed by atoms with van der Waals surface area (Å²) in [4.78, 5) is 0. The molecule has 0 aliphatic carbocycles. The zero-order valence-corrected chi connectivity index (χ0v) is 12.3. The number of rotatable bonds is 6. The summed E-state index contributed by atoms with van der Waals surface area (Å²) in [5, 5.41) is 9.29. The van der Waals surface area contributed by atoms with Crippen molar-refractivity contribution in [1.82, 2.24) is 10.2 Å². The summed E-state index contributed by atoms with van der Waals surface area (Å²) in [6, 6.07) is 4.92. The number of unbranched alkanes of at least 4 members (excludes halogenated alkanes) is 1. The Morgan fingerprint density at radius 2 is 1.86 bits per heavy atom. The number of halogens is 3. The van der Waals surface area contributed by atoms with Crippen LogP contribution in [-0.4, -0.2) is 16.8 Å². The molecule has 0 saturated heterocycles. The van der Waals surface area contributed by atoms with Gasteiger partial charge in [0.05, 0.1) is 5.56 Å². The van der Waals surface area contributed by atoms with Gasteiger partial charge < -0.3 is 4.74 Å². The number of aromatic nitrogens is 2. The Balaban J connectivity index is 2.00. The fraction of sp³-hybridized carbons (Fsp3) is 0.429. The SMILES string of the molecule is CCCCOCc1nnc(-c2ccc(C(F)(F)F)cc2)s1. The predicted octanol–water partition coefficient (Wildman–Crippen LogP) is 4.54. The monoisotopic (exact) mass is 316 g/mol. The van der Waals surface area contributed by atoms with Crippen LogP contribution in [-0.2, 0) is 17.5 Å². The Hall–Kier alpha value is -1.47. The van der Waals surface area contributed by atoms with Gasteiger partial charge in [0, 0.05) is 12.2 Å². The average Bonchev–Trinajstić information content (AvgIpc) is 2.92. The first-order chi connectivity index (χ1) is 10.0. The summed E-state index contributed by atoms with van der Waals surface area (Å²) >= 11 is 1.33. The lowest BCUT2D eigenvalue weighted by molar-refractivity contribution is -0.137. The Morgan fingerprint density at radius 1 is 1.14 bits per heavy atom. The van der Waals surface area contributed by atoms with Gasteiger partial charge in [-0.15, -0.1) is 10.2 Å². The molecule has 3 nitrogen and oxygen atoms in total. The number of benzene rings is 1. The molecular weight excluding hydrogens is 301 g/mol. The standard InChI is InChI=1S/C14H15F3N2OS/c1-2-3-8-20-9-12-18-19-13(21-12)10-4-6-11(7-5-10)14(15,16)17/h4-7H,2-3,8-9H2,1H3. The zero-order valence-electron chi connectivity index (χ0n) is 11.5. The highest BCUT2D eigenvalue weighted by Crippen LogP contribution is 2.31. The quantitative estimate of drug-likeness (QED) is 0.734. The summed E-state index contributed by atoms with van der Waals surface area (Å²) in [7, 11) is 0. The molecule has 0 aliphatic heterocycles. The predicted molar refractivity (Wildman–Crippen MR) is 74.9 cm³/mol. The van der Waals surface area contributed by atoms with Crippen molar-refractivity contribution in [2.24, 2.45) is 0 Å². The fourth-order valence-corrected chi connectivity index (χ4v) is 2.42. The first kappa shape index (κ1) is 15.9. The van der Waals surface area contributed by atoms with E-state index in [0.717, 1.165) is 30.0 Å². The highest BCUT2D eigenvalue weighted by atomic mass is 32.1. The second kappa shape index (κ2) is 7.00. The van der Waals surface area contributed by atoms with Crippen LogP contribution >= 0.6 is 11.3 Å². The molecule has 114 valence electrons. The Morgan fingerprint density at radius 3 is 2.48 bits per heavy atom. The molecule has 7 heteroatoms.